The lowest BCUT2D eigenvalue weighted by Gasteiger charge is -2.05. The Kier molecular flexibility index (Phi) is 4.78. The highest BCUT2D eigenvalue weighted by molar-refractivity contribution is 8.00. The number of phenols is 1. The number of carbonyl (C=O) groups excluding carboxylic acids is 1. The summed E-state index contributed by atoms with van der Waals surface area (Å²) in [5, 5.41) is 22.3. The average molecular weight is 304 g/mol. The zero-order valence-electron chi connectivity index (χ0n) is 10.9. The van der Waals surface area contributed by atoms with E-state index < -0.39 is 4.92 Å². The van der Waals surface area contributed by atoms with E-state index in [-0.39, 0.29) is 23.1 Å². The Balaban J connectivity index is 1.86. The van der Waals surface area contributed by atoms with Crippen molar-refractivity contribution in [1.29, 1.82) is 0 Å². The second-order valence-electron chi connectivity index (χ2n) is 4.13. The highest BCUT2D eigenvalue weighted by Gasteiger charge is 2.07. The van der Waals surface area contributed by atoms with Gasteiger partial charge in [-0.2, -0.15) is 0 Å². The number of non-ortho nitro benzene ring substituents is 1. The number of anilines is 1. The molecule has 0 aliphatic carbocycles. The van der Waals surface area contributed by atoms with Crippen LogP contribution in [0.25, 0.3) is 0 Å². The molecule has 0 radical (unpaired) electrons. The highest BCUT2D eigenvalue weighted by Crippen LogP contribution is 2.21. The maximum atomic E-state index is 11.8. The van der Waals surface area contributed by atoms with Gasteiger partial charge >= 0.3 is 0 Å². The van der Waals surface area contributed by atoms with Crippen molar-refractivity contribution in [2.75, 3.05) is 11.1 Å². The van der Waals surface area contributed by atoms with Crippen LogP contribution in [0, 0.1) is 10.1 Å². The van der Waals surface area contributed by atoms with Crippen molar-refractivity contribution in [3.8, 4) is 5.75 Å². The number of aromatic hydroxyl groups is 1. The van der Waals surface area contributed by atoms with Gasteiger partial charge in [-0.15, -0.1) is 11.8 Å². The molecule has 2 aromatic carbocycles. The fraction of sp³-hybridized carbons (Fsp3) is 0.0714. The summed E-state index contributed by atoms with van der Waals surface area (Å²) in [7, 11) is 0. The number of amides is 1. The normalized spacial score (nSPS) is 10.1. The van der Waals surface area contributed by atoms with Crippen LogP contribution in [0.3, 0.4) is 0 Å². The van der Waals surface area contributed by atoms with E-state index in [2.05, 4.69) is 5.32 Å². The van der Waals surface area contributed by atoms with Crippen molar-refractivity contribution >= 4 is 29.0 Å². The van der Waals surface area contributed by atoms with E-state index in [1.54, 1.807) is 24.3 Å². The quantitative estimate of drug-likeness (QED) is 0.503. The Hall–Kier alpha value is -2.54. The van der Waals surface area contributed by atoms with Crippen molar-refractivity contribution in [2.45, 2.75) is 4.90 Å². The van der Waals surface area contributed by atoms with Crippen LogP contribution < -0.4 is 5.32 Å². The van der Waals surface area contributed by atoms with Gasteiger partial charge in [-0.1, -0.05) is 0 Å². The molecule has 1 amide bonds. The molecule has 0 saturated heterocycles. The summed E-state index contributed by atoms with van der Waals surface area (Å²) in [6.45, 7) is 0. The van der Waals surface area contributed by atoms with Gasteiger partial charge in [0.1, 0.15) is 5.75 Å². The molecule has 0 aromatic heterocycles. The minimum absolute atomic E-state index is 0.0218. The molecule has 0 heterocycles. The fourth-order valence-corrected chi connectivity index (χ4v) is 2.25. The summed E-state index contributed by atoms with van der Waals surface area (Å²) < 4.78 is 0. The third-order valence-corrected chi connectivity index (χ3v) is 3.58. The topological polar surface area (TPSA) is 92.5 Å². The van der Waals surface area contributed by atoms with Crippen molar-refractivity contribution in [3.63, 3.8) is 0 Å². The molecule has 108 valence electrons. The van der Waals surface area contributed by atoms with Gasteiger partial charge in [-0.05, 0) is 36.4 Å². The molecule has 0 aliphatic rings. The van der Waals surface area contributed by atoms with Crippen molar-refractivity contribution in [2.24, 2.45) is 0 Å². The van der Waals surface area contributed by atoms with Gasteiger partial charge in [0, 0.05) is 22.7 Å². The molecule has 0 atom stereocenters. The molecule has 0 unspecified atom stereocenters. The van der Waals surface area contributed by atoms with Crippen LogP contribution in [0.4, 0.5) is 11.4 Å². The smallest absolute Gasteiger partial charge is 0.269 e. The van der Waals surface area contributed by atoms with Crippen LogP contribution in [-0.4, -0.2) is 21.7 Å². The average Bonchev–Trinajstić information content (AvgIpc) is 2.47. The Morgan fingerprint density at radius 2 is 1.76 bits per heavy atom. The lowest BCUT2D eigenvalue weighted by Crippen LogP contribution is -2.13. The Labute approximate surface area is 125 Å². The number of hydrogen-bond acceptors (Lipinski definition) is 5. The van der Waals surface area contributed by atoms with Gasteiger partial charge in [0.15, 0.2) is 0 Å². The molecule has 21 heavy (non-hydrogen) atoms. The van der Waals surface area contributed by atoms with E-state index in [0.717, 1.165) is 4.90 Å². The zero-order valence-corrected chi connectivity index (χ0v) is 11.7. The number of nitro benzene ring substituents is 1. The molecule has 0 aliphatic heterocycles. The minimum Gasteiger partial charge on any atom is -0.508 e. The summed E-state index contributed by atoms with van der Waals surface area (Å²) in [5.41, 5.74) is 0.489. The first kappa shape index (κ1) is 14.9. The van der Waals surface area contributed by atoms with E-state index in [0.29, 0.717) is 5.69 Å². The molecule has 0 spiro atoms. The lowest BCUT2D eigenvalue weighted by molar-refractivity contribution is -0.384. The molecule has 2 aromatic rings. The number of nitrogens with one attached hydrogen (secondary N) is 1. The Morgan fingerprint density at radius 3 is 2.33 bits per heavy atom. The lowest BCUT2D eigenvalue weighted by atomic mass is 10.3. The molecule has 2 N–H and O–H groups in total. The molecule has 2 rings (SSSR count). The first-order chi connectivity index (χ1) is 10.0. The fourth-order valence-electron chi connectivity index (χ4n) is 1.55. The van der Waals surface area contributed by atoms with E-state index in [1.807, 2.05) is 0 Å². The summed E-state index contributed by atoms with van der Waals surface area (Å²) >= 11 is 1.33. The molecule has 0 fully saturated rings. The first-order valence-corrected chi connectivity index (χ1v) is 6.99. The summed E-state index contributed by atoms with van der Waals surface area (Å²) in [6.07, 6.45) is 0. The number of hydrogen-bond donors (Lipinski definition) is 2. The van der Waals surface area contributed by atoms with E-state index >= 15 is 0 Å². The van der Waals surface area contributed by atoms with Crippen molar-refractivity contribution < 1.29 is 14.8 Å². The van der Waals surface area contributed by atoms with Crippen LogP contribution >= 0.6 is 11.8 Å². The zero-order chi connectivity index (χ0) is 15.2. The Bertz CT molecular complexity index is 641. The van der Waals surface area contributed by atoms with Gasteiger partial charge in [-0.25, -0.2) is 0 Å². The van der Waals surface area contributed by atoms with Crippen molar-refractivity contribution in [1.82, 2.24) is 0 Å². The molecule has 0 saturated carbocycles. The molecule has 6 nitrogen and oxygen atoms in total. The third-order valence-electron chi connectivity index (χ3n) is 2.57. The number of nitro groups is 1. The van der Waals surface area contributed by atoms with Crippen LogP contribution in [0.15, 0.2) is 53.4 Å². The SMILES string of the molecule is O=C(CSc1ccc(O)cc1)Nc1ccc([N+](=O)[O-])cc1. The monoisotopic (exact) mass is 304 g/mol. The minimum atomic E-state index is -0.494. The van der Waals surface area contributed by atoms with Crippen LogP contribution in [0.2, 0.25) is 0 Å². The number of phenolic OH excluding ortho intramolecular Hbond substituents is 1. The standard InChI is InChI=1S/C14H12N2O4S/c17-12-5-7-13(8-6-12)21-9-14(18)15-10-1-3-11(4-2-10)16(19)20/h1-8,17H,9H2,(H,15,18). The third kappa shape index (κ3) is 4.50. The van der Waals surface area contributed by atoms with E-state index in [4.69, 9.17) is 5.11 Å². The van der Waals surface area contributed by atoms with Gasteiger partial charge in [0.05, 0.1) is 10.7 Å². The maximum absolute atomic E-state index is 11.8. The molecule has 0 bridgehead atoms. The van der Waals surface area contributed by atoms with Gasteiger partial charge in [-0.3, -0.25) is 14.9 Å². The number of nitrogens with zero attached hydrogens (tertiary/aromatic N) is 1. The first-order valence-electron chi connectivity index (χ1n) is 6.01. The molecule has 7 heteroatoms. The summed E-state index contributed by atoms with van der Waals surface area (Å²) in [6, 6.07) is 12.2. The maximum Gasteiger partial charge on any atom is 0.269 e. The second-order valence-corrected chi connectivity index (χ2v) is 5.18. The van der Waals surface area contributed by atoms with Crippen LogP contribution in [0.5, 0.6) is 5.75 Å². The largest absolute Gasteiger partial charge is 0.508 e. The summed E-state index contributed by atoms with van der Waals surface area (Å²) in [4.78, 5) is 22.6. The van der Waals surface area contributed by atoms with Crippen molar-refractivity contribution in [3.05, 3.63) is 58.6 Å². The number of thioether (sulfide) groups is 1. The van der Waals surface area contributed by atoms with Gasteiger partial charge in [0.25, 0.3) is 5.69 Å². The van der Waals surface area contributed by atoms with Gasteiger partial charge in [0.2, 0.25) is 5.91 Å². The predicted octanol–water partition coefficient (Wildman–Crippen LogP) is 3.03. The summed E-state index contributed by atoms with van der Waals surface area (Å²) in [5.74, 6) is 0.179. The van der Waals surface area contributed by atoms with Gasteiger partial charge < -0.3 is 10.4 Å². The number of benzene rings is 2. The van der Waals surface area contributed by atoms with E-state index in [9.17, 15) is 14.9 Å². The molecular formula is C14H12N2O4S. The Morgan fingerprint density at radius 1 is 1.14 bits per heavy atom. The van der Waals surface area contributed by atoms with E-state index in [1.165, 1.54) is 36.0 Å². The highest BCUT2D eigenvalue weighted by atomic mass is 32.2. The predicted molar refractivity (Wildman–Crippen MR) is 80.6 cm³/mol. The number of rotatable bonds is 5. The second kappa shape index (κ2) is 6.76. The van der Waals surface area contributed by atoms with Crippen LogP contribution in [0.1, 0.15) is 0 Å². The molecular weight excluding hydrogens is 292 g/mol. The number of carbonyl (C=O) groups is 1. The van der Waals surface area contributed by atoms with Crippen LogP contribution in [-0.2, 0) is 4.79 Å².